The summed E-state index contributed by atoms with van der Waals surface area (Å²) in [5.41, 5.74) is 0.770. The fourth-order valence-electron chi connectivity index (χ4n) is 3.29. The van der Waals surface area contributed by atoms with Crippen molar-refractivity contribution in [2.45, 2.75) is 18.6 Å². The Balaban J connectivity index is 1.79. The average Bonchev–Trinajstić information content (AvgIpc) is 2.99. The molecular formula is C18H15F2N3O2. The number of pyridine rings is 1. The number of aliphatic hydroxyl groups is 1. The van der Waals surface area contributed by atoms with Gasteiger partial charge in [0.1, 0.15) is 11.5 Å². The van der Waals surface area contributed by atoms with Crippen molar-refractivity contribution in [3.05, 3.63) is 76.2 Å². The lowest BCUT2D eigenvalue weighted by Gasteiger charge is -2.26. The monoisotopic (exact) mass is 343 g/mol. The molecule has 1 saturated heterocycles. The Kier molecular flexibility index (Phi) is 3.73. The Morgan fingerprint density at radius 2 is 1.96 bits per heavy atom. The van der Waals surface area contributed by atoms with Crippen molar-refractivity contribution in [3.8, 4) is 0 Å². The molecule has 2 aromatic heterocycles. The Morgan fingerprint density at radius 1 is 1.12 bits per heavy atom. The number of halogens is 2. The zero-order chi connectivity index (χ0) is 17.6. The van der Waals surface area contributed by atoms with Crippen LogP contribution < -0.4 is 10.5 Å². The van der Waals surface area contributed by atoms with Gasteiger partial charge < -0.3 is 10.0 Å². The van der Waals surface area contributed by atoms with Crippen molar-refractivity contribution in [2.24, 2.45) is 0 Å². The second-order valence-electron chi connectivity index (χ2n) is 6.11. The third-order valence-electron chi connectivity index (χ3n) is 4.46. The van der Waals surface area contributed by atoms with Gasteiger partial charge in [0.15, 0.2) is 11.6 Å². The van der Waals surface area contributed by atoms with Crippen LogP contribution >= 0.6 is 0 Å². The highest BCUT2D eigenvalue weighted by Crippen LogP contribution is 2.35. The molecule has 0 spiro atoms. The highest BCUT2D eigenvalue weighted by atomic mass is 19.2. The van der Waals surface area contributed by atoms with Crippen molar-refractivity contribution >= 4 is 11.5 Å². The molecule has 0 radical (unpaired) electrons. The minimum absolute atomic E-state index is 0.244. The molecule has 1 aliphatic heterocycles. The summed E-state index contributed by atoms with van der Waals surface area (Å²) in [6.07, 6.45) is 1.33. The second kappa shape index (κ2) is 5.93. The number of aromatic nitrogens is 2. The van der Waals surface area contributed by atoms with Gasteiger partial charge in [-0.2, -0.15) is 0 Å². The van der Waals surface area contributed by atoms with Crippen LogP contribution in [0.3, 0.4) is 0 Å². The molecule has 1 aliphatic rings. The van der Waals surface area contributed by atoms with E-state index >= 15 is 0 Å². The number of anilines is 1. The van der Waals surface area contributed by atoms with Gasteiger partial charge in [0.05, 0.1) is 12.1 Å². The number of benzene rings is 1. The number of fused-ring (bicyclic) bond motifs is 1. The molecule has 3 aromatic rings. The van der Waals surface area contributed by atoms with Crippen LogP contribution in [0.2, 0.25) is 0 Å². The Bertz CT molecular complexity index is 1010. The van der Waals surface area contributed by atoms with E-state index in [2.05, 4.69) is 4.98 Å². The van der Waals surface area contributed by atoms with Gasteiger partial charge >= 0.3 is 0 Å². The average molecular weight is 343 g/mol. The fraction of sp³-hybridized carbons (Fsp3) is 0.222. The summed E-state index contributed by atoms with van der Waals surface area (Å²) in [6.45, 7) is 0.263. The largest absolute Gasteiger partial charge is 0.391 e. The summed E-state index contributed by atoms with van der Waals surface area (Å²) in [5.74, 6) is -1.45. The molecule has 1 aromatic carbocycles. The van der Waals surface area contributed by atoms with Crippen LogP contribution in [-0.2, 0) is 0 Å². The van der Waals surface area contributed by atoms with Crippen molar-refractivity contribution in [2.75, 3.05) is 11.4 Å². The number of aliphatic hydroxyl groups excluding tert-OH is 1. The lowest BCUT2D eigenvalue weighted by Crippen LogP contribution is -2.27. The molecule has 0 saturated carbocycles. The van der Waals surface area contributed by atoms with Gasteiger partial charge in [0.25, 0.3) is 5.56 Å². The third-order valence-corrected chi connectivity index (χ3v) is 4.46. The van der Waals surface area contributed by atoms with E-state index in [-0.39, 0.29) is 18.1 Å². The molecule has 0 amide bonds. The normalized spacial score (nSPS) is 20.4. The Labute approximate surface area is 141 Å². The number of hydrogen-bond donors (Lipinski definition) is 1. The molecule has 7 heteroatoms. The quantitative estimate of drug-likeness (QED) is 0.776. The van der Waals surface area contributed by atoms with Crippen LogP contribution in [0.1, 0.15) is 18.0 Å². The van der Waals surface area contributed by atoms with Gasteiger partial charge in [0.2, 0.25) is 0 Å². The number of nitrogens with zero attached hydrogens (tertiary/aromatic N) is 3. The van der Waals surface area contributed by atoms with Crippen molar-refractivity contribution in [1.82, 2.24) is 9.38 Å². The smallest absolute Gasteiger partial charge is 0.259 e. The molecule has 0 bridgehead atoms. The molecule has 25 heavy (non-hydrogen) atoms. The van der Waals surface area contributed by atoms with E-state index < -0.39 is 17.7 Å². The van der Waals surface area contributed by atoms with E-state index in [9.17, 15) is 18.7 Å². The number of hydrogen-bond acceptors (Lipinski definition) is 4. The minimum atomic E-state index is -0.939. The topological polar surface area (TPSA) is 57.8 Å². The maximum Gasteiger partial charge on any atom is 0.259 e. The van der Waals surface area contributed by atoms with Crippen LogP contribution in [0.4, 0.5) is 14.6 Å². The molecule has 128 valence electrons. The fourth-order valence-corrected chi connectivity index (χ4v) is 3.29. The highest BCUT2D eigenvalue weighted by molar-refractivity contribution is 5.51. The van der Waals surface area contributed by atoms with Gasteiger partial charge in [-0.1, -0.05) is 12.1 Å². The first-order chi connectivity index (χ1) is 12.0. The summed E-state index contributed by atoms with van der Waals surface area (Å²) < 4.78 is 28.2. The number of rotatable bonds is 2. The SMILES string of the molecule is O=c1cc(N2C[C@H](O)C[C@H]2c2ccc(F)c(F)c2)nc2ccccn12. The molecule has 4 rings (SSSR count). The van der Waals surface area contributed by atoms with Crippen LogP contribution in [0.5, 0.6) is 0 Å². The predicted octanol–water partition coefficient (Wildman–Crippen LogP) is 2.29. The second-order valence-corrected chi connectivity index (χ2v) is 6.11. The molecule has 0 unspecified atom stereocenters. The predicted molar refractivity (Wildman–Crippen MR) is 88.5 cm³/mol. The van der Waals surface area contributed by atoms with E-state index in [1.807, 2.05) is 0 Å². The van der Waals surface area contributed by atoms with E-state index in [1.165, 1.54) is 16.5 Å². The zero-order valence-electron chi connectivity index (χ0n) is 13.1. The standard InChI is InChI=1S/C18H15F2N3O2/c19-13-5-4-11(7-14(13)20)15-8-12(24)10-23(15)17-9-18(25)22-6-2-1-3-16(22)21-17/h1-7,9,12,15,24H,8,10H2/t12-,15+/m1/s1. The Hall–Kier alpha value is -2.80. The molecular weight excluding hydrogens is 328 g/mol. The van der Waals surface area contributed by atoms with Crippen LogP contribution in [-0.4, -0.2) is 27.1 Å². The van der Waals surface area contributed by atoms with Crippen molar-refractivity contribution in [1.29, 1.82) is 0 Å². The van der Waals surface area contributed by atoms with E-state index in [0.29, 0.717) is 23.4 Å². The molecule has 5 nitrogen and oxygen atoms in total. The summed E-state index contributed by atoms with van der Waals surface area (Å²) in [5, 5.41) is 10.1. The molecule has 0 aliphatic carbocycles. The van der Waals surface area contributed by atoms with Gasteiger partial charge in [-0.15, -0.1) is 0 Å². The summed E-state index contributed by atoms with van der Waals surface area (Å²) >= 11 is 0. The lowest BCUT2D eigenvalue weighted by molar-refractivity contribution is 0.194. The molecule has 1 N–H and O–H groups in total. The van der Waals surface area contributed by atoms with Crippen molar-refractivity contribution < 1.29 is 13.9 Å². The molecule has 3 heterocycles. The maximum atomic E-state index is 13.6. The third kappa shape index (κ3) is 2.76. The van der Waals surface area contributed by atoms with Gasteiger partial charge in [-0.05, 0) is 36.2 Å². The Morgan fingerprint density at radius 3 is 2.76 bits per heavy atom. The van der Waals surface area contributed by atoms with Crippen LogP contribution in [0.25, 0.3) is 5.65 Å². The lowest BCUT2D eigenvalue weighted by atomic mass is 10.0. The van der Waals surface area contributed by atoms with E-state index in [4.69, 9.17) is 0 Å². The van der Waals surface area contributed by atoms with E-state index in [1.54, 1.807) is 29.3 Å². The zero-order valence-corrected chi connectivity index (χ0v) is 13.1. The summed E-state index contributed by atoms with van der Waals surface area (Å²) in [6, 6.07) is 9.90. The van der Waals surface area contributed by atoms with Crippen LogP contribution in [0, 0.1) is 11.6 Å². The minimum Gasteiger partial charge on any atom is -0.391 e. The van der Waals surface area contributed by atoms with E-state index in [0.717, 1.165) is 12.1 Å². The van der Waals surface area contributed by atoms with Crippen LogP contribution in [0.15, 0.2) is 53.5 Å². The molecule has 1 fully saturated rings. The summed E-state index contributed by atoms with van der Waals surface area (Å²) in [7, 11) is 0. The number of β-amino-alcohol motifs (C(OH)–C–C–N with tert-alkyl or cyclic N) is 1. The molecule has 2 atom stereocenters. The van der Waals surface area contributed by atoms with Crippen molar-refractivity contribution in [3.63, 3.8) is 0 Å². The maximum absolute atomic E-state index is 13.6. The van der Waals surface area contributed by atoms with Gasteiger partial charge in [0, 0.05) is 18.8 Å². The first-order valence-electron chi connectivity index (χ1n) is 7.91. The summed E-state index contributed by atoms with van der Waals surface area (Å²) in [4.78, 5) is 18.5. The first kappa shape index (κ1) is 15.7. The highest BCUT2D eigenvalue weighted by Gasteiger charge is 2.33. The van der Waals surface area contributed by atoms with Gasteiger partial charge in [-0.25, -0.2) is 13.8 Å². The first-order valence-corrected chi connectivity index (χ1v) is 7.91. The van der Waals surface area contributed by atoms with Gasteiger partial charge in [-0.3, -0.25) is 9.20 Å².